The van der Waals surface area contributed by atoms with Gasteiger partial charge in [0.2, 0.25) is 5.82 Å². The Morgan fingerprint density at radius 1 is 1.19 bits per heavy atom. The lowest BCUT2D eigenvalue weighted by molar-refractivity contribution is 0.0430. The molecule has 0 aliphatic carbocycles. The Bertz CT molecular complexity index is 1080. The largest absolute Gasteiger partial charge is 0.452 e. The quantitative estimate of drug-likeness (QED) is 0.462. The van der Waals surface area contributed by atoms with Crippen molar-refractivity contribution >= 4 is 27.5 Å². The molecule has 136 valence electrons. The van der Waals surface area contributed by atoms with Gasteiger partial charge in [-0.3, -0.25) is 0 Å². The van der Waals surface area contributed by atoms with Gasteiger partial charge in [-0.15, -0.1) is 11.3 Å². The Morgan fingerprint density at radius 3 is 2.78 bits per heavy atom. The monoisotopic (exact) mass is 379 g/mol. The zero-order valence-corrected chi connectivity index (χ0v) is 15.7. The van der Waals surface area contributed by atoms with Crippen LogP contribution in [-0.2, 0) is 11.3 Å². The molecule has 2 heterocycles. The van der Waals surface area contributed by atoms with Crippen molar-refractivity contribution in [3.8, 4) is 11.4 Å². The first-order valence-electron chi connectivity index (χ1n) is 8.53. The van der Waals surface area contributed by atoms with E-state index in [1.807, 2.05) is 24.3 Å². The second-order valence-electron chi connectivity index (χ2n) is 6.40. The smallest absolute Gasteiger partial charge is 0.338 e. The number of rotatable bonds is 5. The zero-order valence-electron chi connectivity index (χ0n) is 14.9. The Balaban J connectivity index is 1.42. The molecule has 4 rings (SSSR count). The third kappa shape index (κ3) is 3.73. The molecule has 4 aromatic rings. The second kappa shape index (κ2) is 7.28. The van der Waals surface area contributed by atoms with Crippen LogP contribution in [0.5, 0.6) is 0 Å². The Kier molecular flexibility index (Phi) is 4.68. The molecular formula is C20H17N3O3S. The van der Waals surface area contributed by atoms with Crippen LogP contribution in [0, 0.1) is 0 Å². The zero-order chi connectivity index (χ0) is 18.8. The van der Waals surface area contributed by atoms with E-state index in [2.05, 4.69) is 29.0 Å². The van der Waals surface area contributed by atoms with Crippen LogP contribution in [0.2, 0.25) is 0 Å². The van der Waals surface area contributed by atoms with Gasteiger partial charge in [0.25, 0.3) is 5.89 Å². The van der Waals surface area contributed by atoms with Gasteiger partial charge in [0.05, 0.1) is 21.3 Å². The van der Waals surface area contributed by atoms with Crippen LogP contribution in [0.1, 0.15) is 41.6 Å². The summed E-state index contributed by atoms with van der Waals surface area (Å²) in [4.78, 5) is 20.7. The summed E-state index contributed by atoms with van der Waals surface area (Å²) in [6, 6.07) is 13.3. The lowest BCUT2D eigenvalue weighted by Crippen LogP contribution is -2.05. The highest BCUT2D eigenvalue weighted by atomic mass is 32.1. The molecule has 0 radical (unpaired) electrons. The van der Waals surface area contributed by atoms with E-state index in [0.717, 1.165) is 15.8 Å². The highest BCUT2D eigenvalue weighted by Gasteiger charge is 2.13. The van der Waals surface area contributed by atoms with E-state index in [1.165, 1.54) is 16.9 Å². The lowest BCUT2D eigenvalue weighted by atomic mass is 10.0. The van der Waals surface area contributed by atoms with Crippen LogP contribution < -0.4 is 0 Å². The van der Waals surface area contributed by atoms with E-state index in [1.54, 1.807) is 23.7 Å². The molecule has 0 fully saturated rings. The Labute approximate surface area is 159 Å². The van der Waals surface area contributed by atoms with E-state index < -0.39 is 5.97 Å². The Hall–Kier alpha value is -3.06. The van der Waals surface area contributed by atoms with Crippen molar-refractivity contribution in [1.29, 1.82) is 0 Å². The van der Waals surface area contributed by atoms with Crippen LogP contribution in [0.25, 0.3) is 21.6 Å². The van der Waals surface area contributed by atoms with E-state index in [4.69, 9.17) is 9.26 Å². The number of esters is 1. The predicted molar refractivity (Wildman–Crippen MR) is 103 cm³/mol. The molecule has 27 heavy (non-hydrogen) atoms. The summed E-state index contributed by atoms with van der Waals surface area (Å²) >= 11 is 1.48. The number of fused-ring (bicyclic) bond motifs is 1. The number of hydrogen-bond acceptors (Lipinski definition) is 7. The van der Waals surface area contributed by atoms with Crippen molar-refractivity contribution in [1.82, 2.24) is 15.1 Å². The Morgan fingerprint density at radius 2 is 2.00 bits per heavy atom. The minimum atomic E-state index is -0.439. The van der Waals surface area contributed by atoms with Gasteiger partial charge in [0, 0.05) is 5.56 Å². The van der Waals surface area contributed by atoms with Crippen molar-refractivity contribution < 1.29 is 14.1 Å². The third-order valence-electron chi connectivity index (χ3n) is 4.20. The first-order chi connectivity index (χ1) is 13.1. The van der Waals surface area contributed by atoms with Gasteiger partial charge in [-0.1, -0.05) is 43.3 Å². The van der Waals surface area contributed by atoms with Gasteiger partial charge < -0.3 is 9.26 Å². The summed E-state index contributed by atoms with van der Waals surface area (Å²) in [6.45, 7) is 4.21. The van der Waals surface area contributed by atoms with Crippen LogP contribution in [0.4, 0.5) is 0 Å². The van der Waals surface area contributed by atoms with Crippen LogP contribution in [0.15, 0.2) is 52.5 Å². The molecule has 0 spiro atoms. The van der Waals surface area contributed by atoms with Gasteiger partial charge in [0.15, 0.2) is 6.61 Å². The van der Waals surface area contributed by atoms with Crippen LogP contribution >= 0.6 is 11.3 Å². The van der Waals surface area contributed by atoms with E-state index in [0.29, 0.717) is 17.3 Å². The van der Waals surface area contributed by atoms with Gasteiger partial charge in [-0.2, -0.15) is 4.98 Å². The molecule has 0 bridgehead atoms. The summed E-state index contributed by atoms with van der Waals surface area (Å²) in [5, 5.41) is 3.96. The number of thiazole rings is 1. The molecule has 0 N–H and O–H groups in total. The average Bonchev–Trinajstić information content (AvgIpc) is 3.35. The second-order valence-corrected chi connectivity index (χ2v) is 7.29. The number of carbonyl (C=O) groups excluding carboxylic acids is 1. The number of hydrogen-bond donors (Lipinski definition) is 0. The molecule has 0 atom stereocenters. The summed E-state index contributed by atoms with van der Waals surface area (Å²) in [5.41, 5.74) is 5.18. The number of aromatic nitrogens is 3. The highest BCUT2D eigenvalue weighted by Crippen LogP contribution is 2.22. The van der Waals surface area contributed by atoms with E-state index in [9.17, 15) is 4.79 Å². The van der Waals surface area contributed by atoms with Crippen molar-refractivity contribution in [3.63, 3.8) is 0 Å². The van der Waals surface area contributed by atoms with Gasteiger partial charge in [0.1, 0.15) is 0 Å². The van der Waals surface area contributed by atoms with Crippen molar-refractivity contribution in [3.05, 3.63) is 65.0 Å². The summed E-state index contributed by atoms with van der Waals surface area (Å²) in [7, 11) is 0. The van der Waals surface area contributed by atoms with Crippen molar-refractivity contribution in [2.24, 2.45) is 0 Å². The molecule has 0 unspecified atom stereocenters. The lowest BCUT2D eigenvalue weighted by Gasteiger charge is -2.04. The average molecular weight is 379 g/mol. The molecular weight excluding hydrogens is 362 g/mol. The maximum Gasteiger partial charge on any atom is 0.338 e. The van der Waals surface area contributed by atoms with Crippen molar-refractivity contribution in [2.75, 3.05) is 0 Å². The SMILES string of the molecule is CC(C)c1ccc(-c2noc(COC(=O)c3ccc4ncsc4c3)n2)cc1. The fourth-order valence-electron chi connectivity index (χ4n) is 2.64. The molecule has 6 nitrogen and oxygen atoms in total. The summed E-state index contributed by atoms with van der Waals surface area (Å²) in [5.74, 6) is 0.752. The highest BCUT2D eigenvalue weighted by molar-refractivity contribution is 7.16. The fraction of sp³-hybridized carbons (Fsp3) is 0.200. The minimum Gasteiger partial charge on any atom is -0.452 e. The predicted octanol–water partition coefficient (Wildman–Crippen LogP) is 4.83. The van der Waals surface area contributed by atoms with Crippen LogP contribution in [0.3, 0.4) is 0 Å². The molecule has 2 aromatic carbocycles. The maximum atomic E-state index is 12.2. The number of benzene rings is 2. The van der Waals surface area contributed by atoms with Gasteiger partial charge >= 0.3 is 5.97 Å². The topological polar surface area (TPSA) is 78.1 Å². The first kappa shape index (κ1) is 17.4. The summed E-state index contributed by atoms with van der Waals surface area (Å²) in [6.07, 6.45) is 0. The molecule has 0 saturated carbocycles. The molecule has 7 heteroatoms. The van der Waals surface area contributed by atoms with Gasteiger partial charge in [-0.25, -0.2) is 9.78 Å². The maximum absolute atomic E-state index is 12.2. The summed E-state index contributed by atoms with van der Waals surface area (Å²) < 4.78 is 11.4. The van der Waals surface area contributed by atoms with E-state index >= 15 is 0 Å². The molecule has 0 amide bonds. The molecule has 0 saturated heterocycles. The van der Waals surface area contributed by atoms with Crippen molar-refractivity contribution in [2.45, 2.75) is 26.4 Å². The number of carbonyl (C=O) groups is 1. The van der Waals surface area contributed by atoms with E-state index in [-0.39, 0.29) is 12.5 Å². The van der Waals surface area contributed by atoms with Gasteiger partial charge in [-0.05, 0) is 29.7 Å². The minimum absolute atomic E-state index is 0.0728. The molecule has 2 aromatic heterocycles. The first-order valence-corrected chi connectivity index (χ1v) is 9.41. The molecule has 0 aliphatic heterocycles. The standard InChI is InChI=1S/C20H17N3O3S/c1-12(2)13-3-5-14(6-4-13)19-22-18(26-23-19)10-25-20(24)15-7-8-16-17(9-15)27-11-21-16/h3-9,11-12H,10H2,1-2H3. The van der Waals surface area contributed by atoms with Crippen LogP contribution in [-0.4, -0.2) is 21.1 Å². The number of nitrogens with zero attached hydrogens (tertiary/aromatic N) is 3. The fourth-order valence-corrected chi connectivity index (χ4v) is 3.36. The number of ether oxygens (including phenoxy) is 1. The molecule has 0 aliphatic rings. The normalized spacial score (nSPS) is 11.2. The third-order valence-corrected chi connectivity index (χ3v) is 4.99.